The number of hydrogen-bond donors (Lipinski definition) is 0. The van der Waals surface area contributed by atoms with E-state index in [0.717, 1.165) is 0 Å². The highest BCUT2D eigenvalue weighted by Gasteiger charge is 2.74. The number of rotatable bonds is 0. The molecule has 2 nitrogen and oxygen atoms in total. The Kier molecular flexibility index (Phi) is 2.57. The molecular weight excluding hydrogens is 581 g/mol. The predicted molar refractivity (Wildman–Crippen MR) is 192 cm³/mol. The number of nitrogens with zero attached hydrogens (tertiary/aromatic N) is 2. The van der Waals surface area contributed by atoms with Gasteiger partial charge in [-0.15, -0.1) is 0 Å². The molecule has 2 heterocycles. The van der Waals surface area contributed by atoms with Gasteiger partial charge in [0, 0.05) is 84.4 Å². The third-order valence-electron chi connectivity index (χ3n) is 18.0. The van der Waals surface area contributed by atoms with Crippen molar-refractivity contribution in [3.8, 4) is 0 Å². The molecule has 0 N–H and O–H groups in total. The lowest BCUT2D eigenvalue weighted by molar-refractivity contribution is 0.206. The van der Waals surface area contributed by atoms with Gasteiger partial charge in [0.1, 0.15) is 0 Å². The fraction of sp³-hybridized carbons (Fsp3) is 0.348. The number of allylic oxidation sites excluding steroid dienone is 5. The van der Waals surface area contributed by atoms with Crippen LogP contribution in [0.3, 0.4) is 0 Å². The Balaban J connectivity index is 1.26. The molecular formula is C46H30N2. The van der Waals surface area contributed by atoms with Crippen LogP contribution in [0.1, 0.15) is 40.0 Å². The second-order valence-corrected chi connectivity index (χ2v) is 18.8. The van der Waals surface area contributed by atoms with Crippen molar-refractivity contribution < 1.29 is 0 Å². The topological polar surface area (TPSA) is 6.48 Å². The SMILES string of the molecule is CN1CC2C3=c4c5c6c7c8c9c%10c%11c(c%12ccc%13c(c4c(c69)c%13c%12%10)C2C1)C=CC12CN(C)CC14C=CC1=C(C=7C6C1C=CC3C56)C4C=8C%112. The minimum Gasteiger partial charge on any atom is -0.305 e. The highest BCUT2D eigenvalue weighted by atomic mass is 15.2. The summed E-state index contributed by atoms with van der Waals surface area (Å²) < 4.78 is 0. The van der Waals surface area contributed by atoms with Gasteiger partial charge >= 0.3 is 0 Å². The van der Waals surface area contributed by atoms with E-state index in [1.54, 1.807) is 91.8 Å². The van der Waals surface area contributed by atoms with Crippen LogP contribution < -0.4 is 15.7 Å². The molecule has 48 heavy (non-hydrogen) atoms. The molecule has 224 valence electrons. The van der Waals surface area contributed by atoms with E-state index in [9.17, 15) is 0 Å². The first kappa shape index (κ1) is 21.9. The van der Waals surface area contributed by atoms with Crippen LogP contribution in [-0.2, 0) is 0 Å². The lowest BCUT2D eigenvalue weighted by Crippen LogP contribution is -2.45. The van der Waals surface area contributed by atoms with E-state index in [0.29, 0.717) is 47.3 Å². The fourth-order valence-electron chi connectivity index (χ4n) is 17.5. The third kappa shape index (κ3) is 1.50. The Bertz CT molecular complexity index is 3220. The quantitative estimate of drug-likeness (QED) is 0.161. The minimum atomic E-state index is 0.128. The molecule has 0 radical (unpaired) electrons. The average molecular weight is 611 g/mol. The van der Waals surface area contributed by atoms with Gasteiger partial charge in [0.05, 0.1) is 0 Å². The second kappa shape index (κ2) is 5.64. The number of likely N-dealkylation sites (tertiary alicyclic amines) is 2. The Hall–Kier alpha value is -3.98. The number of benzene rings is 3. The Labute approximate surface area is 275 Å². The normalized spacial score (nSPS) is 42.8. The zero-order valence-corrected chi connectivity index (χ0v) is 27.0. The lowest BCUT2D eigenvalue weighted by atomic mass is 9.56. The summed E-state index contributed by atoms with van der Waals surface area (Å²) in [6.07, 6.45) is 16.5. The summed E-state index contributed by atoms with van der Waals surface area (Å²) in [5.41, 5.74) is 16.3. The van der Waals surface area contributed by atoms with Crippen molar-refractivity contribution in [2.75, 3.05) is 40.3 Å². The zero-order valence-electron chi connectivity index (χ0n) is 27.0. The molecule has 10 aliphatic carbocycles. The molecule has 2 spiro atoms. The van der Waals surface area contributed by atoms with Gasteiger partial charge in [0.2, 0.25) is 0 Å². The first-order valence-electron chi connectivity index (χ1n) is 19.0. The molecule has 2 heteroatoms. The molecule has 6 aromatic rings. The van der Waals surface area contributed by atoms with Crippen molar-refractivity contribution in [3.63, 3.8) is 0 Å². The maximum Gasteiger partial charge on any atom is 0.0232 e. The Morgan fingerprint density at radius 3 is 2.29 bits per heavy atom. The van der Waals surface area contributed by atoms with Crippen LogP contribution in [0.5, 0.6) is 0 Å². The molecule has 10 atom stereocenters. The van der Waals surface area contributed by atoms with Crippen LogP contribution >= 0.6 is 0 Å². The summed E-state index contributed by atoms with van der Waals surface area (Å²) in [4.78, 5) is 5.40. The Morgan fingerprint density at radius 2 is 1.35 bits per heavy atom. The van der Waals surface area contributed by atoms with Crippen LogP contribution in [0.25, 0.3) is 76.7 Å². The number of likely N-dealkylation sites (N-methyl/N-ethyl adjacent to an activating group) is 1. The van der Waals surface area contributed by atoms with Crippen molar-refractivity contribution in [2.45, 2.75) is 17.8 Å². The average Bonchev–Trinajstić information content (AvgIpc) is 3.93. The first-order valence-corrected chi connectivity index (χ1v) is 19.0. The summed E-state index contributed by atoms with van der Waals surface area (Å²) in [7, 11) is 4.83. The minimum absolute atomic E-state index is 0.128. The highest BCUT2D eigenvalue weighted by Crippen LogP contribution is 2.80. The summed E-state index contributed by atoms with van der Waals surface area (Å²) in [6.45, 7) is 4.78. The summed E-state index contributed by atoms with van der Waals surface area (Å²) in [6, 6.07) is 5.22. The molecule has 2 aliphatic heterocycles. The predicted octanol–water partition coefficient (Wildman–Crippen LogP) is 5.69. The van der Waals surface area contributed by atoms with Crippen molar-refractivity contribution in [3.05, 3.63) is 91.6 Å². The summed E-state index contributed by atoms with van der Waals surface area (Å²) in [5, 5.41) is 22.1. The molecule has 2 saturated heterocycles. The highest BCUT2D eigenvalue weighted by molar-refractivity contribution is 6.46. The van der Waals surface area contributed by atoms with E-state index < -0.39 is 0 Å². The standard InChI is InChI=1S/C46H30N2/c1-47-11-21-22(12-47)24-20-6-4-16-18-8-10-46-14-48(2)13-45(46)9-7-17-15-3-5-19-23(21)31-32(24)36-28(20)26(16)34-30(18)44(46)42-41-37-33(29(17)43(42)45)25(15)27(19)35(31)39(37)40(36)38(34)41/h3-10,15,19,21-22,25,27,43-44H,11-14H2,1-2H3. The zero-order chi connectivity index (χ0) is 30.0. The largest absolute Gasteiger partial charge is 0.305 e. The van der Waals surface area contributed by atoms with Crippen molar-refractivity contribution in [1.82, 2.24) is 9.80 Å². The van der Waals surface area contributed by atoms with Gasteiger partial charge in [0.15, 0.2) is 0 Å². The van der Waals surface area contributed by atoms with Gasteiger partial charge in [-0.2, -0.15) is 0 Å². The number of hydrogen-bond acceptors (Lipinski definition) is 2. The number of fused-ring (bicyclic) bond motifs is 7. The molecule has 0 aromatic heterocycles. The van der Waals surface area contributed by atoms with E-state index in [1.165, 1.54) is 26.2 Å². The van der Waals surface area contributed by atoms with Gasteiger partial charge in [-0.1, -0.05) is 48.6 Å². The molecule has 1 saturated carbocycles. The maximum atomic E-state index is 2.82. The first-order chi connectivity index (χ1) is 23.6. The van der Waals surface area contributed by atoms with E-state index in [2.05, 4.69) is 72.5 Å². The molecule has 3 fully saturated rings. The molecule has 6 aromatic carbocycles. The van der Waals surface area contributed by atoms with Crippen LogP contribution in [-0.4, -0.2) is 50.1 Å². The third-order valence-corrected chi connectivity index (χ3v) is 18.0. The summed E-state index contributed by atoms with van der Waals surface area (Å²) >= 11 is 0. The van der Waals surface area contributed by atoms with Gasteiger partial charge in [0.25, 0.3) is 0 Å². The molecule has 18 rings (SSSR count). The molecule has 10 unspecified atom stereocenters. The van der Waals surface area contributed by atoms with E-state index >= 15 is 0 Å². The van der Waals surface area contributed by atoms with Gasteiger partial charge in [-0.05, 0) is 134 Å². The second-order valence-electron chi connectivity index (χ2n) is 18.8. The fourth-order valence-corrected chi connectivity index (χ4v) is 17.5. The van der Waals surface area contributed by atoms with E-state index in [4.69, 9.17) is 0 Å². The van der Waals surface area contributed by atoms with E-state index in [-0.39, 0.29) is 10.8 Å². The summed E-state index contributed by atoms with van der Waals surface area (Å²) in [5.74, 6) is 4.63. The van der Waals surface area contributed by atoms with Crippen LogP contribution in [0.4, 0.5) is 0 Å². The van der Waals surface area contributed by atoms with Crippen molar-refractivity contribution in [1.29, 1.82) is 0 Å². The Morgan fingerprint density at radius 1 is 0.583 bits per heavy atom. The van der Waals surface area contributed by atoms with Crippen LogP contribution in [0.15, 0.2) is 53.7 Å². The molecule has 0 bridgehead atoms. The van der Waals surface area contributed by atoms with Gasteiger partial charge in [-0.3, -0.25) is 0 Å². The van der Waals surface area contributed by atoms with Crippen molar-refractivity contribution in [2.24, 2.45) is 40.4 Å². The van der Waals surface area contributed by atoms with Gasteiger partial charge in [-0.25, -0.2) is 0 Å². The smallest absolute Gasteiger partial charge is 0.0232 e. The lowest BCUT2D eigenvalue weighted by Gasteiger charge is -2.45. The van der Waals surface area contributed by atoms with Crippen LogP contribution in [0, 0.1) is 40.4 Å². The van der Waals surface area contributed by atoms with Crippen LogP contribution in [0.2, 0.25) is 0 Å². The van der Waals surface area contributed by atoms with E-state index in [1.807, 2.05) is 27.9 Å². The monoisotopic (exact) mass is 610 g/mol. The molecule has 0 amide bonds. The van der Waals surface area contributed by atoms with Crippen molar-refractivity contribution >= 4 is 76.7 Å². The maximum absolute atomic E-state index is 2.82. The van der Waals surface area contributed by atoms with Gasteiger partial charge < -0.3 is 9.80 Å². The molecule has 12 aliphatic rings.